The van der Waals surface area contributed by atoms with E-state index in [2.05, 4.69) is 34.6 Å². The van der Waals surface area contributed by atoms with Gasteiger partial charge in [0.1, 0.15) is 5.60 Å². The molecule has 2 heterocycles. The minimum atomic E-state index is -0.414. The first kappa shape index (κ1) is 15.2. The number of ether oxygens (including phenoxy) is 2. The summed E-state index contributed by atoms with van der Waals surface area (Å²) in [5.74, 6) is 0. The number of hydrogen-bond acceptors (Lipinski definition) is 4. The minimum absolute atomic E-state index is 0.414. The summed E-state index contributed by atoms with van der Waals surface area (Å²) in [6, 6.07) is 8.49. The fourth-order valence-corrected chi connectivity index (χ4v) is 3.11. The molecule has 22 heavy (non-hydrogen) atoms. The van der Waals surface area contributed by atoms with Crippen LogP contribution in [0.15, 0.2) is 36.8 Å². The lowest BCUT2D eigenvalue weighted by Gasteiger charge is -2.39. The van der Waals surface area contributed by atoms with Crippen molar-refractivity contribution in [3.8, 4) is 0 Å². The van der Waals surface area contributed by atoms with Gasteiger partial charge in [-0.3, -0.25) is 0 Å². The Morgan fingerprint density at radius 3 is 3.05 bits per heavy atom. The van der Waals surface area contributed by atoms with Gasteiger partial charge < -0.3 is 19.4 Å². The maximum atomic E-state index is 6.17. The Labute approximate surface area is 131 Å². The molecule has 0 amide bonds. The highest BCUT2D eigenvalue weighted by Gasteiger charge is 2.37. The molecule has 0 bridgehead atoms. The molecule has 1 aromatic heterocycles. The molecule has 1 atom stereocenters. The predicted octanol–water partition coefficient (Wildman–Crippen LogP) is 1.62. The zero-order valence-electron chi connectivity index (χ0n) is 13.2. The van der Waals surface area contributed by atoms with E-state index in [4.69, 9.17) is 9.47 Å². The zero-order valence-corrected chi connectivity index (χ0v) is 13.2. The molecule has 5 nitrogen and oxygen atoms in total. The van der Waals surface area contributed by atoms with E-state index in [-0.39, 0.29) is 0 Å². The van der Waals surface area contributed by atoms with Gasteiger partial charge in [0.05, 0.1) is 25.2 Å². The van der Waals surface area contributed by atoms with Crippen LogP contribution in [0.4, 0.5) is 0 Å². The molecule has 0 saturated carbocycles. The van der Waals surface area contributed by atoms with Crippen LogP contribution >= 0.6 is 0 Å². The van der Waals surface area contributed by atoms with Gasteiger partial charge in [0.15, 0.2) is 0 Å². The van der Waals surface area contributed by atoms with Gasteiger partial charge in [0.2, 0.25) is 0 Å². The number of aryl methyl sites for hydroxylation is 1. The maximum absolute atomic E-state index is 6.17. The van der Waals surface area contributed by atoms with Gasteiger partial charge in [-0.2, -0.15) is 0 Å². The van der Waals surface area contributed by atoms with Crippen LogP contribution in [0, 0.1) is 0 Å². The van der Waals surface area contributed by atoms with E-state index < -0.39 is 5.60 Å². The van der Waals surface area contributed by atoms with Gasteiger partial charge in [-0.05, 0) is 17.5 Å². The molecule has 5 heteroatoms. The Morgan fingerprint density at radius 2 is 2.27 bits per heavy atom. The lowest BCUT2D eigenvalue weighted by Crippen LogP contribution is -2.47. The SMILES string of the molecule is COCC1(CNCc2cncn2C)OCCc2ccccc21. The highest BCUT2D eigenvalue weighted by atomic mass is 16.5. The smallest absolute Gasteiger partial charge is 0.129 e. The molecule has 118 valence electrons. The minimum Gasteiger partial charge on any atom is -0.381 e. The predicted molar refractivity (Wildman–Crippen MR) is 84.6 cm³/mol. The second kappa shape index (κ2) is 6.60. The molecular formula is C17H23N3O2. The van der Waals surface area contributed by atoms with E-state index in [1.807, 2.05) is 24.1 Å². The third-order valence-electron chi connectivity index (χ3n) is 4.27. The largest absolute Gasteiger partial charge is 0.381 e. The van der Waals surface area contributed by atoms with Crippen molar-refractivity contribution < 1.29 is 9.47 Å². The van der Waals surface area contributed by atoms with Gasteiger partial charge in [-0.15, -0.1) is 0 Å². The van der Waals surface area contributed by atoms with Crippen molar-refractivity contribution in [1.29, 1.82) is 0 Å². The Morgan fingerprint density at radius 1 is 1.41 bits per heavy atom. The van der Waals surface area contributed by atoms with Crippen molar-refractivity contribution in [2.45, 2.75) is 18.6 Å². The highest BCUT2D eigenvalue weighted by molar-refractivity contribution is 5.35. The van der Waals surface area contributed by atoms with Crippen LogP contribution < -0.4 is 5.32 Å². The number of aromatic nitrogens is 2. The molecule has 1 unspecified atom stereocenters. The van der Waals surface area contributed by atoms with E-state index >= 15 is 0 Å². The first-order valence-electron chi connectivity index (χ1n) is 7.62. The average molecular weight is 301 g/mol. The third-order valence-corrected chi connectivity index (χ3v) is 4.27. The maximum Gasteiger partial charge on any atom is 0.129 e. The lowest BCUT2D eigenvalue weighted by atomic mass is 9.86. The quantitative estimate of drug-likeness (QED) is 0.881. The van der Waals surface area contributed by atoms with Crippen molar-refractivity contribution in [2.24, 2.45) is 7.05 Å². The summed E-state index contributed by atoms with van der Waals surface area (Å²) in [5.41, 5.74) is 3.33. The molecule has 2 aromatic rings. The molecule has 0 saturated heterocycles. The summed E-state index contributed by atoms with van der Waals surface area (Å²) in [5, 5.41) is 3.50. The van der Waals surface area contributed by atoms with Crippen LogP contribution in [0.1, 0.15) is 16.8 Å². The van der Waals surface area contributed by atoms with E-state index in [0.29, 0.717) is 13.2 Å². The number of nitrogens with zero attached hydrogens (tertiary/aromatic N) is 2. The van der Waals surface area contributed by atoms with E-state index in [9.17, 15) is 0 Å². The first-order valence-corrected chi connectivity index (χ1v) is 7.62. The number of imidazole rings is 1. The Kier molecular flexibility index (Phi) is 4.57. The van der Waals surface area contributed by atoms with E-state index in [0.717, 1.165) is 25.3 Å². The first-order chi connectivity index (χ1) is 10.7. The van der Waals surface area contributed by atoms with Gasteiger partial charge in [-0.25, -0.2) is 4.98 Å². The molecular weight excluding hydrogens is 278 g/mol. The summed E-state index contributed by atoms with van der Waals surface area (Å²) in [6.07, 6.45) is 4.66. The molecule has 1 aliphatic rings. The van der Waals surface area contributed by atoms with Crippen LogP contribution in [0.2, 0.25) is 0 Å². The van der Waals surface area contributed by atoms with Gasteiger partial charge in [0.25, 0.3) is 0 Å². The summed E-state index contributed by atoms with van der Waals surface area (Å²) >= 11 is 0. The highest BCUT2D eigenvalue weighted by Crippen LogP contribution is 2.33. The number of fused-ring (bicyclic) bond motifs is 1. The summed E-state index contributed by atoms with van der Waals surface area (Å²) < 4.78 is 13.7. The fraction of sp³-hybridized carbons (Fsp3) is 0.471. The lowest BCUT2D eigenvalue weighted by molar-refractivity contribution is -0.101. The monoisotopic (exact) mass is 301 g/mol. The van der Waals surface area contributed by atoms with Gasteiger partial charge >= 0.3 is 0 Å². The van der Waals surface area contributed by atoms with Crippen molar-refractivity contribution in [2.75, 3.05) is 26.9 Å². The number of methoxy groups -OCH3 is 1. The second-order valence-corrected chi connectivity index (χ2v) is 5.78. The number of rotatable bonds is 6. The number of nitrogens with one attached hydrogen (secondary N) is 1. The van der Waals surface area contributed by atoms with Crippen molar-refractivity contribution in [1.82, 2.24) is 14.9 Å². The van der Waals surface area contributed by atoms with Gasteiger partial charge in [0, 0.05) is 33.4 Å². The topological polar surface area (TPSA) is 48.3 Å². The second-order valence-electron chi connectivity index (χ2n) is 5.78. The summed E-state index contributed by atoms with van der Waals surface area (Å²) in [4.78, 5) is 4.14. The van der Waals surface area contributed by atoms with Gasteiger partial charge in [-0.1, -0.05) is 24.3 Å². The van der Waals surface area contributed by atoms with Crippen molar-refractivity contribution >= 4 is 0 Å². The van der Waals surface area contributed by atoms with Crippen LogP contribution in [-0.4, -0.2) is 36.4 Å². The standard InChI is InChI=1S/C17H23N3O2/c1-20-13-19-10-15(20)9-18-11-17(12-21-2)16-6-4-3-5-14(16)7-8-22-17/h3-6,10,13,18H,7-9,11-12H2,1-2H3. The summed E-state index contributed by atoms with van der Waals surface area (Å²) in [6.45, 7) is 2.74. The molecule has 0 spiro atoms. The molecule has 1 aromatic carbocycles. The molecule has 0 fully saturated rings. The van der Waals surface area contributed by atoms with Crippen molar-refractivity contribution in [3.63, 3.8) is 0 Å². The Hall–Kier alpha value is -1.69. The average Bonchev–Trinajstić information content (AvgIpc) is 2.94. The number of benzene rings is 1. The Balaban J connectivity index is 1.76. The van der Waals surface area contributed by atoms with Crippen molar-refractivity contribution in [3.05, 3.63) is 53.6 Å². The van der Waals surface area contributed by atoms with E-state index in [1.165, 1.54) is 11.1 Å². The fourth-order valence-electron chi connectivity index (χ4n) is 3.11. The van der Waals surface area contributed by atoms with Crippen LogP contribution in [0.5, 0.6) is 0 Å². The molecule has 1 N–H and O–H groups in total. The van der Waals surface area contributed by atoms with Crippen LogP contribution in [0.25, 0.3) is 0 Å². The molecule has 0 aliphatic carbocycles. The van der Waals surface area contributed by atoms with E-state index in [1.54, 1.807) is 7.11 Å². The van der Waals surface area contributed by atoms with Crippen LogP contribution in [-0.2, 0) is 35.1 Å². The summed E-state index contributed by atoms with van der Waals surface area (Å²) in [7, 11) is 3.73. The molecule has 0 radical (unpaired) electrons. The Bertz CT molecular complexity index is 626. The number of hydrogen-bond donors (Lipinski definition) is 1. The van der Waals surface area contributed by atoms with Crippen LogP contribution in [0.3, 0.4) is 0 Å². The zero-order chi connectivity index (χ0) is 15.4. The normalized spacial score (nSPS) is 20.8. The molecule has 3 rings (SSSR count). The third kappa shape index (κ3) is 2.92. The molecule has 1 aliphatic heterocycles.